The number of hydrogen-bond donors (Lipinski definition) is 2. The quantitative estimate of drug-likeness (QED) is 0.691. The predicted molar refractivity (Wildman–Crippen MR) is 122 cm³/mol. The van der Waals surface area contributed by atoms with Gasteiger partial charge in [0.1, 0.15) is 5.84 Å². The van der Waals surface area contributed by atoms with Gasteiger partial charge >= 0.3 is 12.2 Å². The highest BCUT2D eigenvalue weighted by atomic mass is 19.4. The average molecular weight is 476 g/mol. The fourth-order valence-electron chi connectivity index (χ4n) is 4.04. The van der Waals surface area contributed by atoms with Crippen LogP contribution < -0.4 is 10.6 Å². The Morgan fingerprint density at radius 3 is 2.53 bits per heavy atom. The van der Waals surface area contributed by atoms with Crippen molar-refractivity contribution in [3.05, 3.63) is 60.3 Å². The van der Waals surface area contributed by atoms with E-state index < -0.39 is 18.0 Å². The largest absolute Gasteiger partial charge is 0.416 e. The molecule has 3 heterocycles. The zero-order valence-electron chi connectivity index (χ0n) is 19.4. The number of likely N-dealkylation sites (N-methyl/N-ethyl adjacent to an activating group) is 1. The lowest BCUT2D eigenvalue weighted by Gasteiger charge is -2.30. The number of amides is 2. The first-order valence-corrected chi connectivity index (χ1v) is 11.1. The molecular formula is C23H28F3N7O. The number of nitrogens with one attached hydrogen (secondary N) is 2. The Morgan fingerprint density at radius 2 is 1.88 bits per heavy atom. The molecule has 0 spiro atoms. The van der Waals surface area contributed by atoms with Gasteiger partial charge in [0.15, 0.2) is 6.29 Å². The maximum Gasteiger partial charge on any atom is 0.416 e. The summed E-state index contributed by atoms with van der Waals surface area (Å²) in [6, 6.07) is 4.65. The second kappa shape index (κ2) is 9.13. The summed E-state index contributed by atoms with van der Waals surface area (Å²) in [5, 5.41) is 6.46. The van der Waals surface area contributed by atoms with Crippen molar-refractivity contribution in [3.8, 4) is 5.69 Å². The van der Waals surface area contributed by atoms with Crippen LogP contribution in [0.25, 0.3) is 5.69 Å². The highest BCUT2D eigenvalue weighted by Crippen LogP contribution is 2.30. The van der Waals surface area contributed by atoms with Gasteiger partial charge in [-0.3, -0.25) is 10.2 Å². The van der Waals surface area contributed by atoms with Crippen molar-refractivity contribution in [2.75, 3.05) is 13.6 Å². The summed E-state index contributed by atoms with van der Waals surface area (Å²) in [7, 11) is 1.79. The number of carbonyl (C=O) groups is 1. The van der Waals surface area contributed by atoms with E-state index >= 15 is 0 Å². The number of nitrogens with zero attached hydrogens (tertiary/aromatic N) is 5. The Morgan fingerprint density at radius 1 is 1.18 bits per heavy atom. The topological polar surface area (TPSA) is 77.8 Å². The van der Waals surface area contributed by atoms with Crippen molar-refractivity contribution >= 4 is 11.9 Å². The molecule has 8 nitrogen and oxygen atoms in total. The molecule has 1 fully saturated rings. The fourth-order valence-corrected chi connectivity index (χ4v) is 4.04. The van der Waals surface area contributed by atoms with E-state index in [1.807, 2.05) is 6.92 Å². The van der Waals surface area contributed by atoms with Gasteiger partial charge in [-0.25, -0.2) is 14.8 Å². The van der Waals surface area contributed by atoms with Crippen LogP contribution in [0.4, 0.5) is 18.0 Å². The standard InChI is InChI=1S/C23H28F3N7O/c1-14(2)19-12-31(4)22(34)33(19)20-9-10-27-21(30-20)29-15(3)18-11-32(13-28-18)17-7-5-16(6-8-17)23(24,25)26/h5-11,13-15,19,21,27,29H,12H2,1-4H3/t15-,19+,21?/m0/s1. The van der Waals surface area contributed by atoms with Crippen molar-refractivity contribution in [2.45, 2.75) is 45.3 Å². The zero-order chi connectivity index (χ0) is 24.6. The number of amidine groups is 1. The normalized spacial score (nSPS) is 21.8. The van der Waals surface area contributed by atoms with Crippen molar-refractivity contribution in [1.82, 2.24) is 30.0 Å². The molecule has 182 valence electrons. The van der Waals surface area contributed by atoms with E-state index in [0.29, 0.717) is 23.8 Å². The maximum absolute atomic E-state index is 12.8. The summed E-state index contributed by atoms with van der Waals surface area (Å²) in [6.45, 7) is 6.73. The van der Waals surface area contributed by atoms with Crippen LogP contribution in [0.5, 0.6) is 0 Å². The Balaban J connectivity index is 1.46. The molecule has 2 amide bonds. The van der Waals surface area contributed by atoms with Crippen LogP contribution in [0.1, 0.15) is 38.1 Å². The molecule has 2 aromatic rings. The van der Waals surface area contributed by atoms with Gasteiger partial charge in [0.2, 0.25) is 0 Å². The van der Waals surface area contributed by atoms with Crippen LogP contribution in [0.15, 0.2) is 54.1 Å². The lowest BCUT2D eigenvalue weighted by molar-refractivity contribution is -0.137. The number of urea groups is 1. The molecule has 3 atom stereocenters. The first-order chi connectivity index (χ1) is 16.0. The summed E-state index contributed by atoms with van der Waals surface area (Å²) in [6.07, 6.45) is 2.02. The molecule has 2 aliphatic rings. The molecule has 34 heavy (non-hydrogen) atoms. The molecule has 0 bridgehead atoms. The second-order valence-electron chi connectivity index (χ2n) is 8.87. The van der Waals surface area contributed by atoms with E-state index in [-0.39, 0.29) is 24.0 Å². The van der Waals surface area contributed by atoms with E-state index in [1.165, 1.54) is 12.1 Å². The highest BCUT2D eigenvalue weighted by molar-refractivity contribution is 6.05. The Labute approximate surface area is 196 Å². The number of aromatic nitrogens is 2. The second-order valence-corrected chi connectivity index (χ2v) is 8.87. The Hall–Kier alpha value is -3.34. The van der Waals surface area contributed by atoms with Crippen molar-refractivity contribution in [2.24, 2.45) is 10.9 Å². The fraction of sp³-hybridized carbons (Fsp3) is 0.435. The van der Waals surface area contributed by atoms with E-state index in [0.717, 1.165) is 12.1 Å². The third-order valence-corrected chi connectivity index (χ3v) is 6.04. The summed E-state index contributed by atoms with van der Waals surface area (Å²) >= 11 is 0. The smallest absolute Gasteiger partial charge is 0.358 e. The van der Waals surface area contributed by atoms with Gasteiger partial charge in [0, 0.05) is 31.7 Å². The average Bonchev–Trinajstić information content (AvgIpc) is 3.39. The van der Waals surface area contributed by atoms with Gasteiger partial charge in [-0.15, -0.1) is 0 Å². The number of benzene rings is 1. The number of imidazole rings is 1. The van der Waals surface area contributed by atoms with Gasteiger partial charge in [-0.1, -0.05) is 13.8 Å². The molecule has 2 aliphatic heterocycles. The first-order valence-electron chi connectivity index (χ1n) is 11.1. The van der Waals surface area contributed by atoms with Gasteiger partial charge in [-0.05, 0) is 43.2 Å². The first kappa shape index (κ1) is 23.8. The van der Waals surface area contributed by atoms with Gasteiger partial charge < -0.3 is 14.8 Å². The van der Waals surface area contributed by atoms with E-state index in [1.54, 1.807) is 46.2 Å². The molecule has 2 N–H and O–H groups in total. The molecule has 1 saturated heterocycles. The summed E-state index contributed by atoms with van der Waals surface area (Å²) < 4.78 is 40.1. The zero-order valence-corrected chi connectivity index (χ0v) is 19.4. The monoisotopic (exact) mass is 475 g/mol. The molecule has 4 rings (SSSR count). The van der Waals surface area contributed by atoms with Crippen LogP contribution in [0, 0.1) is 5.92 Å². The number of alkyl halides is 3. The van der Waals surface area contributed by atoms with Crippen LogP contribution in [-0.4, -0.2) is 57.1 Å². The molecule has 0 aliphatic carbocycles. The number of hydrogen-bond acceptors (Lipinski definition) is 5. The van der Waals surface area contributed by atoms with E-state index in [9.17, 15) is 18.0 Å². The summed E-state index contributed by atoms with van der Waals surface area (Å²) in [5.41, 5.74) is 0.582. The van der Waals surface area contributed by atoms with Gasteiger partial charge in [0.05, 0.1) is 29.7 Å². The minimum atomic E-state index is -4.37. The molecule has 1 aromatic heterocycles. The maximum atomic E-state index is 12.8. The molecule has 1 aromatic carbocycles. The number of carbonyl (C=O) groups excluding carboxylic acids is 1. The molecule has 11 heteroatoms. The SMILES string of the molecule is CC(C)[C@H]1CN(C)C(=O)N1C1=NC(N[C@@H](C)c2cn(-c3ccc(C(F)(F)F)cc3)cn2)NC=C1. The molecule has 0 saturated carbocycles. The van der Waals surface area contributed by atoms with Crippen LogP contribution >= 0.6 is 0 Å². The number of halogens is 3. The number of aliphatic imine (C=N–C) groups is 1. The van der Waals surface area contributed by atoms with Crippen molar-refractivity contribution in [3.63, 3.8) is 0 Å². The molecular weight excluding hydrogens is 447 g/mol. The summed E-state index contributed by atoms with van der Waals surface area (Å²) in [5.74, 6) is 0.867. The minimum Gasteiger partial charge on any atom is -0.358 e. The van der Waals surface area contributed by atoms with Crippen molar-refractivity contribution < 1.29 is 18.0 Å². The lowest BCUT2D eigenvalue weighted by atomic mass is 10.0. The van der Waals surface area contributed by atoms with Gasteiger partial charge in [0.25, 0.3) is 0 Å². The number of rotatable bonds is 5. The third-order valence-electron chi connectivity index (χ3n) is 6.04. The Kier molecular flexibility index (Phi) is 6.39. The lowest BCUT2D eigenvalue weighted by Crippen LogP contribution is -2.47. The molecule has 1 unspecified atom stereocenters. The summed E-state index contributed by atoms with van der Waals surface area (Å²) in [4.78, 5) is 25.2. The van der Waals surface area contributed by atoms with Crippen LogP contribution in [-0.2, 0) is 6.18 Å². The molecule has 0 radical (unpaired) electrons. The third kappa shape index (κ3) is 4.79. The highest BCUT2D eigenvalue weighted by Gasteiger charge is 2.39. The Bertz CT molecular complexity index is 1090. The van der Waals surface area contributed by atoms with Crippen LogP contribution in [0.2, 0.25) is 0 Å². The van der Waals surface area contributed by atoms with Crippen molar-refractivity contribution in [1.29, 1.82) is 0 Å². The van der Waals surface area contributed by atoms with E-state index in [2.05, 4.69) is 34.5 Å². The minimum absolute atomic E-state index is 0.0384. The van der Waals surface area contributed by atoms with E-state index in [4.69, 9.17) is 0 Å². The van der Waals surface area contributed by atoms with Crippen LogP contribution in [0.3, 0.4) is 0 Å². The van der Waals surface area contributed by atoms with Gasteiger partial charge in [-0.2, -0.15) is 13.2 Å². The predicted octanol–water partition coefficient (Wildman–Crippen LogP) is 3.73.